The van der Waals surface area contributed by atoms with Crippen molar-refractivity contribution in [3.8, 4) is 0 Å². The Bertz CT molecular complexity index is 999. The molecule has 4 rings (SSSR count). The maximum Gasteiger partial charge on any atom is 0.327 e. The maximum atomic E-state index is 13.1. The van der Waals surface area contributed by atoms with Gasteiger partial charge in [0.05, 0.1) is 35.5 Å². The van der Waals surface area contributed by atoms with Gasteiger partial charge in [0, 0.05) is 18.8 Å². The lowest BCUT2D eigenvalue weighted by molar-refractivity contribution is 0.255. The number of fused-ring (bicyclic) bond motifs is 4. The van der Waals surface area contributed by atoms with Crippen molar-refractivity contribution < 1.29 is 4.79 Å². The first-order chi connectivity index (χ1) is 14.1. The predicted molar refractivity (Wildman–Crippen MR) is 115 cm³/mol. The number of hydrogen-bond acceptors (Lipinski definition) is 6. The lowest BCUT2D eigenvalue weighted by Crippen LogP contribution is -2.48. The van der Waals surface area contributed by atoms with Crippen molar-refractivity contribution in [1.82, 2.24) is 15.0 Å². The number of carbonyl (C=O) groups is 1. The Kier molecular flexibility index (Phi) is 5.07. The van der Waals surface area contributed by atoms with Crippen molar-refractivity contribution >= 4 is 35.5 Å². The molecule has 2 aliphatic rings. The molecule has 1 fully saturated rings. The molecule has 0 spiro atoms. The van der Waals surface area contributed by atoms with Gasteiger partial charge in [-0.25, -0.2) is 19.7 Å². The fraction of sp³-hybridized carbons (Fsp3) is 0.286. The van der Waals surface area contributed by atoms with E-state index in [4.69, 9.17) is 4.98 Å². The molecule has 1 atom stereocenters. The molecule has 8 heteroatoms. The molecule has 2 aliphatic heterocycles. The smallest absolute Gasteiger partial charge is 0.327 e. The zero-order chi connectivity index (χ0) is 20.4. The Morgan fingerprint density at radius 2 is 2.14 bits per heavy atom. The first-order valence-electron chi connectivity index (χ1n) is 9.53. The van der Waals surface area contributed by atoms with Gasteiger partial charge in [0.15, 0.2) is 5.82 Å². The van der Waals surface area contributed by atoms with Crippen LogP contribution in [-0.4, -0.2) is 46.8 Å². The third-order valence-corrected chi connectivity index (χ3v) is 5.20. The molecule has 0 unspecified atom stereocenters. The lowest BCUT2D eigenvalue weighted by Gasteiger charge is -2.35. The highest BCUT2D eigenvalue weighted by Gasteiger charge is 2.40. The Balaban J connectivity index is 1.72. The average molecular weight is 389 g/mol. The predicted octanol–water partition coefficient (Wildman–Crippen LogP) is 3.51. The monoisotopic (exact) mass is 389 g/mol. The van der Waals surface area contributed by atoms with Crippen LogP contribution in [-0.2, 0) is 0 Å². The Labute approximate surface area is 169 Å². The lowest BCUT2D eigenvalue weighted by atomic mass is 10.1. The van der Waals surface area contributed by atoms with E-state index in [2.05, 4.69) is 31.9 Å². The molecule has 1 saturated heterocycles. The SMILES string of the molecule is C=N/C(C)=C\C(=C/C)c1ccc2c(n1)N(C(=O)Nc1cncnc1)[C@H]1CCN2C1. The second kappa shape index (κ2) is 7.83. The normalized spacial score (nSPS) is 18.5. The quantitative estimate of drug-likeness (QED) is 0.639. The molecule has 2 aromatic heterocycles. The largest absolute Gasteiger partial charge is 0.366 e. The first-order valence-corrected chi connectivity index (χ1v) is 9.53. The minimum absolute atomic E-state index is 0.0797. The van der Waals surface area contributed by atoms with E-state index >= 15 is 0 Å². The average Bonchev–Trinajstić information content (AvgIpc) is 3.16. The summed E-state index contributed by atoms with van der Waals surface area (Å²) in [5, 5.41) is 2.89. The van der Waals surface area contributed by atoms with Gasteiger partial charge in [-0.15, -0.1) is 0 Å². The van der Waals surface area contributed by atoms with E-state index in [9.17, 15) is 4.79 Å². The zero-order valence-electron chi connectivity index (χ0n) is 16.5. The molecule has 8 nitrogen and oxygen atoms in total. The summed E-state index contributed by atoms with van der Waals surface area (Å²) in [5.74, 6) is 0.669. The van der Waals surface area contributed by atoms with E-state index in [1.54, 1.807) is 17.3 Å². The van der Waals surface area contributed by atoms with Gasteiger partial charge in [-0.3, -0.25) is 9.89 Å². The van der Waals surface area contributed by atoms with Gasteiger partial charge in [0.25, 0.3) is 0 Å². The Morgan fingerprint density at radius 3 is 2.86 bits per heavy atom. The van der Waals surface area contributed by atoms with Gasteiger partial charge < -0.3 is 10.2 Å². The van der Waals surface area contributed by atoms with Crippen LogP contribution in [0.3, 0.4) is 0 Å². The van der Waals surface area contributed by atoms with E-state index in [0.717, 1.165) is 42.2 Å². The van der Waals surface area contributed by atoms with Crippen LogP contribution in [0, 0.1) is 0 Å². The summed E-state index contributed by atoms with van der Waals surface area (Å²) >= 11 is 0. The number of amides is 2. The molecule has 0 saturated carbocycles. The summed E-state index contributed by atoms with van der Waals surface area (Å²) < 4.78 is 0. The topological polar surface area (TPSA) is 86.6 Å². The van der Waals surface area contributed by atoms with Gasteiger partial charge in [0.1, 0.15) is 6.33 Å². The number of aromatic nitrogens is 3. The molecule has 1 N–H and O–H groups in total. The third-order valence-electron chi connectivity index (χ3n) is 5.20. The number of anilines is 3. The zero-order valence-corrected chi connectivity index (χ0v) is 16.5. The summed E-state index contributed by atoms with van der Waals surface area (Å²) in [6.45, 7) is 9.13. The van der Waals surface area contributed by atoms with Crippen LogP contribution in [0.5, 0.6) is 0 Å². The number of carbonyl (C=O) groups excluding carboxylic acids is 1. The fourth-order valence-electron chi connectivity index (χ4n) is 3.76. The molecular formula is C21H23N7O. The van der Waals surface area contributed by atoms with Crippen LogP contribution in [0.25, 0.3) is 5.57 Å². The molecule has 2 bridgehead atoms. The van der Waals surface area contributed by atoms with E-state index < -0.39 is 0 Å². The van der Waals surface area contributed by atoms with Gasteiger partial charge in [0.2, 0.25) is 0 Å². The molecule has 148 valence electrons. The molecule has 0 aliphatic carbocycles. The standard InChI is InChI=1S/C21H23N7O/c1-4-15(9-14(2)22-3)18-5-6-19-20(26-18)28(17-7-8-27(19)12-17)21(29)25-16-10-23-13-24-11-16/h4-6,9-11,13,17H,3,7-8,12H2,1-2H3,(H,25,29)/b14-9-,15-4+/t17-/m0/s1. The second-order valence-electron chi connectivity index (χ2n) is 7.04. The molecule has 0 radical (unpaired) electrons. The molecular weight excluding hydrogens is 366 g/mol. The highest BCUT2D eigenvalue weighted by molar-refractivity contribution is 6.04. The summed E-state index contributed by atoms with van der Waals surface area (Å²) in [7, 11) is 0. The van der Waals surface area contributed by atoms with Crippen molar-refractivity contribution in [1.29, 1.82) is 0 Å². The number of nitrogens with zero attached hydrogens (tertiary/aromatic N) is 6. The second-order valence-corrected chi connectivity index (χ2v) is 7.04. The van der Waals surface area contributed by atoms with Crippen molar-refractivity contribution in [3.05, 3.63) is 54.4 Å². The Hall–Kier alpha value is -3.55. The third kappa shape index (κ3) is 3.61. The van der Waals surface area contributed by atoms with Gasteiger partial charge >= 0.3 is 6.03 Å². The summed E-state index contributed by atoms with van der Waals surface area (Å²) in [6, 6.07) is 3.88. The first kappa shape index (κ1) is 18.8. The minimum atomic E-state index is -0.223. The molecule has 2 aromatic rings. The number of allylic oxidation sites excluding steroid dienone is 4. The molecule has 0 aromatic carbocycles. The van der Waals surface area contributed by atoms with E-state index in [1.807, 2.05) is 38.1 Å². The number of nitrogens with one attached hydrogen (secondary N) is 1. The van der Waals surface area contributed by atoms with Crippen LogP contribution in [0.15, 0.2) is 53.7 Å². The van der Waals surface area contributed by atoms with Gasteiger partial charge in [-0.2, -0.15) is 0 Å². The van der Waals surface area contributed by atoms with Crippen LogP contribution < -0.4 is 15.1 Å². The highest BCUT2D eigenvalue weighted by atomic mass is 16.2. The van der Waals surface area contributed by atoms with E-state index in [0.29, 0.717) is 11.5 Å². The van der Waals surface area contributed by atoms with Crippen molar-refractivity contribution in [2.45, 2.75) is 26.3 Å². The van der Waals surface area contributed by atoms with Gasteiger partial charge in [-0.05, 0) is 50.8 Å². The van der Waals surface area contributed by atoms with Crippen LogP contribution in [0.2, 0.25) is 0 Å². The Morgan fingerprint density at radius 1 is 1.34 bits per heavy atom. The molecule has 4 heterocycles. The molecule has 2 amide bonds. The number of aliphatic imine (C=N–C) groups is 1. The van der Waals surface area contributed by atoms with Gasteiger partial charge in [-0.1, -0.05) is 6.08 Å². The van der Waals surface area contributed by atoms with Crippen molar-refractivity contribution in [3.63, 3.8) is 0 Å². The van der Waals surface area contributed by atoms with Crippen molar-refractivity contribution in [2.75, 3.05) is 28.2 Å². The number of hydrogen-bond donors (Lipinski definition) is 1. The molecule has 29 heavy (non-hydrogen) atoms. The fourth-order valence-corrected chi connectivity index (χ4v) is 3.76. The number of urea groups is 1. The summed E-state index contributed by atoms with van der Waals surface area (Å²) in [4.78, 5) is 34.0. The summed E-state index contributed by atoms with van der Waals surface area (Å²) in [6.07, 6.45) is 9.40. The summed E-state index contributed by atoms with van der Waals surface area (Å²) in [5.41, 5.74) is 4.06. The number of rotatable bonds is 4. The maximum absolute atomic E-state index is 13.1. The van der Waals surface area contributed by atoms with Crippen molar-refractivity contribution in [2.24, 2.45) is 4.99 Å². The van der Waals surface area contributed by atoms with E-state index in [1.165, 1.54) is 6.33 Å². The van der Waals surface area contributed by atoms with Crippen LogP contribution in [0.1, 0.15) is 26.0 Å². The van der Waals surface area contributed by atoms with E-state index in [-0.39, 0.29) is 12.1 Å². The van der Waals surface area contributed by atoms with Crippen LogP contribution >= 0.6 is 0 Å². The highest BCUT2D eigenvalue weighted by Crippen LogP contribution is 2.40. The minimum Gasteiger partial charge on any atom is -0.366 e. The number of pyridine rings is 1. The van der Waals surface area contributed by atoms with Crippen LogP contribution in [0.4, 0.5) is 22.0 Å².